The largest absolute Gasteiger partial charge is 0.354 e. The van der Waals surface area contributed by atoms with Crippen LogP contribution < -0.4 is 15.1 Å². The van der Waals surface area contributed by atoms with Gasteiger partial charge in [0, 0.05) is 63.6 Å². The summed E-state index contributed by atoms with van der Waals surface area (Å²) in [5.41, 5.74) is 2.12. The van der Waals surface area contributed by atoms with Gasteiger partial charge in [-0.3, -0.25) is 4.79 Å². The number of nitrogens with one attached hydrogen (secondary N) is 1. The standard InChI is InChI=1S/C23H32N6O3S/c1-17-15-20(25-19(3)30)7-8-21(17)33(31,32)29-13-11-27(12-14-29)22-16-18(2)24-23(26-22)28-9-5-4-6-10-28/h7-8,15-16H,4-6,9-14H2,1-3H3,(H,25,30). The number of nitrogens with zero attached hydrogens (tertiary/aromatic N) is 5. The van der Waals surface area contributed by atoms with Crippen molar-refractivity contribution in [2.75, 3.05) is 54.4 Å². The number of sulfonamides is 1. The molecule has 0 spiro atoms. The summed E-state index contributed by atoms with van der Waals surface area (Å²) in [6.07, 6.45) is 3.57. The quantitative estimate of drug-likeness (QED) is 0.714. The molecule has 0 aliphatic carbocycles. The smallest absolute Gasteiger partial charge is 0.243 e. The topological polar surface area (TPSA) is 98.7 Å². The van der Waals surface area contributed by atoms with E-state index < -0.39 is 10.0 Å². The molecule has 10 heteroatoms. The van der Waals surface area contributed by atoms with Gasteiger partial charge >= 0.3 is 0 Å². The molecule has 1 aromatic carbocycles. The number of anilines is 3. The molecule has 178 valence electrons. The van der Waals surface area contributed by atoms with Crippen LogP contribution in [0.4, 0.5) is 17.5 Å². The van der Waals surface area contributed by atoms with Crippen molar-refractivity contribution in [1.29, 1.82) is 0 Å². The predicted molar refractivity (Wildman–Crippen MR) is 129 cm³/mol. The minimum atomic E-state index is -3.62. The Hall–Kier alpha value is -2.72. The maximum Gasteiger partial charge on any atom is 0.243 e. The first-order valence-corrected chi connectivity index (χ1v) is 12.9. The van der Waals surface area contributed by atoms with Gasteiger partial charge in [0.2, 0.25) is 21.9 Å². The number of hydrogen-bond acceptors (Lipinski definition) is 7. The van der Waals surface area contributed by atoms with Crippen molar-refractivity contribution in [1.82, 2.24) is 14.3 Å². The van der Waals surface area contributed by atoms with Gasteiger partial charge in [0.15, 0.2) is 0 Å². The molecular weight excluding hydrogens is 440 g/mol. The molecule has 1 amide bonds. The van der Waals surface area contributed by atoms with Crippen LogP contribution >= 0.6 is 0 Å². The highest BCUT2D eigenvalue weighted by Crippen LogP contribution is 2.26. The van der Waals surface area contributed by atoms with Gasteiger partial charge in [-0.05, 0) is 56.9 Å². The minimum absolute atomic E-state index is 0.190. The second-order valence-electron chi connectivity index (χ2n) is 8.77. The van der Waals surface area contributed by atoms with Crippen molar-refractivity contribution in [3.05, 3.63) is 35.5 Å². The molecule has 2 fully saturated rings. The number of aromatic nitrogens is 2. The molecule has 2 aliphatic rings. The fourth-order valence-electron chi connectivity index (χ4n) is 4.45. The van der Waals surface area contributed by atoms with E-state index in [0.717, 1.165) is 43.4 Å². The molecule has 9 nitrogen and oxygen atoms in total. The van der Waals surface area contributed by atoms with Gasteiger partial charge in [-0.25, -0.2) is 13.4 Å². The predicted octanol–water partition coefficient (Wildman–Crippen LogP) is 2.55. The number of piperidine rings is 1. The first-order chi connectivity index (χ1) is 15.7. The molecule has 0 radical (unpaired) electrons. The molecule has 3 heterocycles. The van der Waals surface area contributed by atoms with E-state index >= 15 is 0 Å². The number of rotatable bonds is 5. The fourth-order valence-corrected chi connectivity index (χ4v) is 6.08. The first-order valence-electron chi connectivity index (χ1n) is 11.5. The molecule has 0 unspecified atom stereocenters. The third-order valence-electron chi connectivity index (χ3n) is 6.14. The summed E-state index contributed by atoms with van der Waals surface area (Å²) in [6, 6.07) is 6.86. The van der Waals surface area contributed by atoms with Crippen LogP contribution in [0.1, 0.15) is 37.4 Å². The summed E-state index contributed by atoms with van der Waals surface area (Å²) in [7, 11) is -3.62. The molecule has 0 atom stereocenters. The number of piperazine rings is 1. The normalized spacial score (nSPS) is 17.8. The van der Waals surface area contributed by atoms with Crippen LogP contribution in [0.2, 0.25) is 0 Å². The zero-order chi connectivity index (χ0) is 23.6. The van der Waals surface area contributed by atoms with Crippen LogP contribution in [0.15, 0.2) is 29.2 Å². The lowest BCUT2D eigenvalue weighted by Crippen LogP contribution is -2.49. The number of carbonyl (C=O) groups is 1. The second-order valence-corrected chi connectivity index (χ2v) is 10.7. The molecule has 4 rings (SSSR count). The van der Waals surface area contributed by atoms with E-state index in [1.54, 1.807) is 25.1 Å². The second kappa shape index (κ2) is 9.64. The number of carbonyl (C=O) groups excluding carboxylic acids is 1. The van der Waals surface area contributed by atoms with Gasteiger partial charge < -0.3 is 15.1 Å². The SMILES string of the molecule is CC(=O)Nc1ccc(S(=O)(=O)N2CCN(c3cc(C)nc(N4CCCCC4)n3)CC2)c(C)c1. The molecule has 0 bridgehead atoms. The molecular formula is C23H32N6O3S. The van der Waals surface area contributed by atoms with Gasteiger partial charge in [-0.1, -0.05) is 0 Å². The number of hydrogen-bond donors (Lipinski definition) is 1. The fraction of sp³-hybridized carbons (Fsp3) is 0.522. The maximum atomic E-state index is 13.3. The Balaban J connectivity index is 1.46. The Labute approximate surface area is 195 Å². The maximum absolute atomic E-state index is 13.3. The van der Waals surface area contributed by atoms with E-state index in [1.165, 1.54) is 17.6 Å². The van der Waals surface area contributed by atoms with Crippen LogP contribution in [0.3, 0.4) is 0 Å². The van der Waals surface area contributed by atoms with Gasteiger partial charge in [0.05, 0.1) is 4.90 Å². The number of amides is 1. The molecule has 2 saturated heterocycles. The molecule has 0 saturated carbocycles. The van der Waals surface area contributed by atoms with Crippen molar-refractivity contribution in [2.45, 2.75) is 44.9 Å². The summed E-state index contributed by atoms with van der Waals surface area (Å²) < 4.78 is 28.1. The van der Waals surface area contributed by atoms with E-state index in [2.05, 4.69) is 20.1 Å². The van der Waals surface area contributed by atoms with Crippen molar-refractivity contribution in [3.8, 4) is 0 Å². The summed E-state index contributed by atoms with van der Waals surface area (Å²) in [6.45, 7) is 9.02. The highest BCUT2D eigenvalue weighted by molar-refractivity contribution is 7.89. The van der Waals surface area contributed by atoms with E-state index in [-0.39, 0.29) is 10.8 Å². The lowest BCUT2D eigenvalue weighted by Gasteiger charge is -2.35. The summed E-state index contributed by atoms with van der Waals surface area (Å²) in [4.78, 5) is 25.4. The Bertz CT molecular complexity index is 1120. The van der Waals surface area contributed by atoms with Crippen LogP contribution in [0.5, 0.6) is 0 Å². The van der Waals surface area contributed by atoms with E-state index in [1.807, 2.05) is 13.0 Å². The highest BCUT2D eigenvalue weighted by atomic mass is 32.2. The van der Waals surface area contributed by atoms with Gasteiger partial charge in [-0.15, -0.1) is 0 Å². The molecule has 2 aliphatic heterocycles. The van der Waals surface area contributed by atoms with Crippen LogP contribution in [-0.2, 0) is 14.8 Å². The monoisotopic (exact) mass is 472 g/mol. The van der Waals surface area contributed by atoms with Gasteiger partial charge in [0.25, 0.3) is 0 Å². The van der Waals surface area contributed by atoms with Crippen molar-refractivity contribution < 1.29 is 13.2 Å². The van der Waals surface area contributed by atoms with Crippen LogP contribution in [0, 0.1) is 13.8 Å². The minimum Gasteiger partial charge on any atom is -0.354 e. The molecule has 33 heavy (non-hydrogen) atoms. The van der Waals surface area contributed by atoms with E-state index in [9.17, 15) is 13.2 Å². The number of aryl methyl sites for hydroxylation is 2. The lowest BCUT2D eigenvalue weighted by molar-refractivity contribution is -0.114. The molecule has 2 aromatic rings. The zero-order valence-electron chi connectivity index (χ0n) is 19.5. The first kappa shape index (κ1) is 23.4. The Morgan fingerprint density at radius 3 is 2.24 bits per heavy atom. The number of benzene rings is 1. The van der Waals surface area contributed by atoms with Crippen LogP contribution in [-0.4, -0.2) is 67.9 Å². The van der Waals surface area contributed by atoms with Crippen molar-refractivity contribution >= 4 is 33.4 Å². The van der Waals surface area contributed by atoms with Gasteiger partial charge in [-0.2, -0.15) is 9.29 Å². The summed E-state index contributed by atoms with van der Waals surface area (Å²) in [5.74, 6) is 1.44. The van der Waals surface area contributed by atoms with E-state index in [4.69, 9.17) is 4.98 Å². The molecule has 1 aromatic heterocycles. The van der Waals surface area contributed by atoms with Crippen LogP contribution in [0.25, 0.3) is 0 Å². The van der Waals surface area contributed by atoms with Crippen molar-refractivity contribution in [3.63, 3.8) is 0 Å². The lowest BCUT2D eigenvalue weighted by atomic mass is 10.1. The Kier molecular flexibility index (Phi) is 6.85. The Morgan fingerprint density at radius 1 is 0.909 bits per heavy atom. The average molecular weight is 473 g/mol. The highest BCUT2D eigenvalue weighted by Gasteiger charge is 2.30. The Morgan fingerprint density at radius 2 is 1.61 bits per heavy atom. The summed E-state index contributed by atoms with van der Waals surface area (Å²) in [5, 5.41) is 2.69. The summed E-state index contributed by atoms with van der Waals surface area (Å²) >= 11 is 0. The third-order valence-corrected chi connectivity index (χ3v) is 8.20. The average Bonchev–Trinajstić information content (AvgIpc) is 2.79. The van der Waals surface area contributed by atoms with Gasteiger partial charge in [0.1, 0.15) is 5.82 Å². The van der Waals surface area contributed by atoms with E-state index in [0.29, 0.717) is 37.4 Å². The third kappa shape index (κ3) is 5.27. The zero-order valence-corrected chi connectivity index (χ0v) is 20.4. The molecule has 1 N–H and O–H groups in total. The van der Waals surface area contributed by atoms with Crippen molar-refractivity contribution in [2.24, 2.45) is 0 Å².